The predicted octanol–water partition coefficient (Wildman–Crippen LogP) is 7.26. The molecule has 4 aromatic carbocycles. The second-order valence-electron chi connectivity index (χ2n) is 10.1. The fourth-order valence-electron chi connectivity index (χ4n) is 4.94. The van der Waals surface area contributed by atoms with E-state index in [1.165, 1.54) is 54.3 Å². The maximum absolute atomic E-state index is 13.8. The van der Waals surface area contributed by atoms with E-state index in [1.54, 1.807) is 12.1 Å². The molecular weight excluding hydrogens is 610 g/mol. The molecule has 0 aliphatic carbocycles. The summed E-state index contributed by atoms with van der Waals surface area (Å²) in [4.78, 5) is 24.9. The van der Waals surface area contributed by atoms with Gasteiger partial charge in [-0.05, 0) is 49.7 Å². The Bertz CT molecular complexity index is 1820. The van der Waals surface area contributed by atoms with Crippen molar-refractivity contribution in [2.75, 3.05) is 22.3 Å². The minimum absolute atomic E-state index is 0.112. The lowest BCUT2D eigenvalue weighted by Gasteiger charge is -2.30. The van der Waals surface area contributed by atoms with Crippen molar-refractivity contribution in [1.29, 1.82) is 0 Å². The van der Waals surface area contributed by atoms with Crippen molar-refractivity contribution in [3.63, 3.8) is 0 Å². The number of benzene rings is 4. The van der Waals surface area contributed by atoms with Gasteiger partial charge in [0.15, 0.2) is 0 Å². The van der Waals surface area contributed by atoms with Gasteiger partial charge in [-0.15, -0.1) is 0 Å². The molecule has 0 aliphatic rings. The number of fused-ring (bicyclic) bond motifs is 1. The van der Waals surface area contributed by atoms with Gasteiger partial charge in [-0.2, -0.15) is 26.3 Å². The number of anilines is 2. The number of halogens is 6. The maximum atomic E-state index is 13.8. The van der Waals surface area contributed by atoms with Crippen LogP contribution in [0.1, 0.15) is 30.5 Å². The van der Waals surface area contributed by atoms with Crippen LogP contribution in [0, 0.1) is 0 Å². The highest BCUT2D eigenvalue weighted by atomic mass is 32.2. The van der Waals surface area contributed by atoms with Gasteiger partial charge in [0.05, 0.1) is 34.8 Å². The predicted molar refractivity (Wildman–Crippen MR) is 154 cm³/mol. The molecule has 6 nitrogen and oxygen atoms in total. The first-order valence-corrected chi connectivity index (χ1v) is 14.6. The van der Waals surface area contributed by atoms with E-state index >= 15 is 0 Å². The number of sulfonamides is 1. The molecule has 44 heavy (non-hydrogen) atoms. The molecule has 0 bridgehead atoms. The quantitative estimate of drug-likeness (QED) is 0.171. The van der Waals surface area contributed by atoms with Crippen molar-refractivity contribution in [1.82, 2.24) is 0 Å². The maximum Gasteiger partial charge on any atom is 0.417 e. The number of Topliss-reactive ketones (excluding diaryl/α,β-unsaturated/α-hetero) is 2. The van der Waals surface area contributed by atoms with Crippen molar-refractivity contribution >= 4 is 43.7 Å². The van der Waals surface area contributed by atoms with Gasteiger partial charge < -0.3 is 4.90 Å². The van der Waals surface area contributed by atoms with E-state index in [4.69, 9.17) is 0 Å². The molecule has 0 unspecified atom stereocenters. The van der Waals surface area contributed by atoms with Crippen LogP contribution in [0.25, 0.3) is 10.8 Å². The van der Waals surface area contributed by atoms with Gasteiger partial charge in [-0.3, -0.25) is 13.9 Å². The highest BCUT2D eigenvalue weighted by molar-refractivity contribution is 7.93. The zero-order valence-corrected chi connectivity index (χ0v) is 24.2. The summed E-state index contributed by atoms with van der Waals surface area (Å²) in [5.74, 6) is -1.03. The molecule has 0 saturated carbocycles. The molecule has 0 amide bonds. The van der Waals surface area contributed by atoms with E-state index in [0.29, 0.717) is 15.8 Å². The Morgan fingerprint density at radius 1 is 0.636 bits per heavy atom. The van der Waals surface area contributed by atoms with E-state index in [0.717, 1.165) is 31.2 Å². The number of rotatable bonds is 10. The van der Waals surface area contributed by atoms with Gasteiger partial charge in [0, 0.05) is 23.0 Å². The molecule has 0 saturated heterocycles. The summed E-state index contributed by atoms with van der Waals surface area (Å²) in [6, 6.07) is 17.2. The summed E-state index contributed by atoms with van der Waals surface area (Å²) < 4.78 is 111. The van der Waals surface area contributed by atoms with Crippen molar-refractivity contribution in [2.45, 2.75) is 37.6 Å². The van der Waals surface area contributed by atoms with Gasteiger partial charge >= 0.3 is 12.4 Å². The Morgan fingerprint density at radius 3 is 1.68 bits per heavy atom. The van der Waals surface area contributed by atoms with Crippen LogP contribution in [-0.4, -0.2) is 33.1 Å². The first kappa shape index (κ1) is 32.5. The van der Waals surface area contributed by atoms with Crippen LogP contribution < -0.4 is 9.21 Å². The van der Waals surface area contributed by atoms with Crippen LogP contribution in [0.3, 0.4) is 0 Å². The van der Waals surface area contributed by atoms with Crippen LogP contribution in [0.4, 0.5) is 37.7 Å². The summed E-state index contributed by atoms with van der Waals surface area (Å²) in [5.41, 5.74) is -2.27. The number of hydrogen-bond acceptors (Lipinski definition) is 5. The molecule has 0 N–H and O–H groups in total. The molecule has 0 radical (unpaired) electrons. The molecule has 0 heterocycles. The van der Waals surface area contributed by atoms with E-state index in [2.05, 4.69) is 0 Å². The average molecular weight is 637 g/mol. The Labute approximate surface area is 249 Å². The molecule has 0 atom stereocenters. The molecule has 232 valence electrons. The van der Waals surface area contributed by atoms with Gasteiger partial charge in [-0.25, -0.2) is 8.42 Å². The standard InChI is InChI=1S/C31H26F6N2O4S/c1-20(40)17-38(19-22-9-3-6-12-25(22)30(32,33)34)27-15-16-28(24-11-5-4-10-23(24)27)39(18-21(2)41)44(42,43)29-14-8-7-13-26(29)31(35,36)37/h3-16H,17-19H2,1-2H3. The van der Waals surface area contributed by atoms with Crippen LogP contribution in [-0.2, 0) is 38.5 Å². The minimum Gasteiger partial charge on any atom is -0.359 e. The fourth-order valence-corrected chi connectivity index (χ4v) is 6.66. The number of hydrogen-bond donors (Lipinski definition) is 0. The first-order valence-electron chi connectivity index (χ1n) is 13.1. The van der Waals surface area contributed by atoms with Crippen LogP contribution >= 0.6 is 0 Å². The summed E-state index contributed by atoms with van der Waals surface area (Å²) in [5, 5.41) is 0.473. The van der Waals surface area contributed by atoms with Gasteiger partial charge in [0.1, 0.15) is 11.6 Å². The topological polar surface area (TPSA) is 74.8 Å². The number of carbonyl (C=O) groups excluding carboxylic acids is 2. The number of alkyl halides is 6. The van der Waals surface area contributed by atoms with E-state index in [-0.39, 0.29) is 41.2 Å². The Morgan fingerprint density at radius 2 is 1.11 bits per heavy atom. The summed E-state index contributed by atoms with van der Waals surface area (Å²) in [7, 11) is -4.98. The van der Waals surface area contributed by atoms with E-state index < -0.39 is 50.7 Å². The molecule has 4 aromatic rings. The molecule has 0 spiro atoms. The summed E-state index contributed by atoms with van der Waals surface area (Å²) >= 11 is 0. The van der Waals surface area contributed by atoms with Gasteiger partial charge in [-0.1, -0.05) is 54.6 Å². The highest BCUT2D eigenvalue weighted by Gasteiger charge is 2.40. The summed E-state index contributed by atoms with van der Waals surface area (Å²) in [6.45, 7) is 0.908. The lowest BCUT2D eigenvalue weighted by molar-refractivity contribution is -0.140. The molecule has 0 fully saturated rings. The van der Waals surface area contributed by atoms with E-state index in [9.17, 15) is 44.3 Å². The minimum atomic E-state index is -5.02. The second kappa shape index (κ2) is 12.3. The monoisotopic (exact) mass is 636 g/mol. The lowest BCUT2D eigenvalue weighted by atomic mass is 10.0. The molecular formula is C31H26F6N2O4S. The highest BCUT2D eigenvalue weighted by Crippen LogP contribution is 2.41. The summed E-state index contributed by atoms with van der Waals surface area (Å²) in [6.07, 6.45) is -9.68. The average Bonchev–Trinajstić information content (AvgIpc) is 2.94. The second-order valence-corrected chi connectivity index (χ2v) is 11.9. The normalized spacial score (nSPS) is 12.3. The molecule has 0 aromatic heterocycles. The van der Waals surface area contributed by atoms with Gasteiger partial charge in [0.2, 0.25) is 0 Å². The Balaban J connectivity index is 1.92. The SMILES string of the molecule is CC(=O)CN(Cc1ccccc1C(F)(F)F)c1ccc(N(CC(C)=O)S(=O)(=O)c2ccccc2C(F)(F)F)c2ccccc12. The fraction of sp³-hybridized carbons (Fsp3) is 0.226. The van der Waals surface area contributed by atoms with Crippen LogP contribution in [0.2, 0.25) is 0 Å². The molecule has 0 aliphatic heterocycles. The third-order valence-electron chi connectivity index (χ3n) is 6.71. The van der Waals surface area contributed by atoms with Crippen molar-refractivity contribution < 1.29 is 44.3 Å². The Kier molecular flexibility index (Phi) is 9.10. The van der Waals surface area contributed by atoms with Gasteiger partial charge in [0.25, 0.3) is 10.0 Å². The number of ketones is 2. The van der Waals surface area contributed by atoms with Crippen molar-refractivity contribution in [3.05, 3.63) is 102 Å². The zero-order valence-electron chi connectivity index (χ0n) is 23.4. The van der Waals surface area contributed by atoms with E-state index in [1.807, 2.05) is 0 Å². The van der Waals surface area contributed by atoms with Crippen LogP contribution in [0.5, 0.6) is 0 Å². The third kappa shape index (κ3) is 6.88. The largest absolute Gasteiger partial charge is 0.417 e. The zero-order chi connectivity index (χ0) is 32.4. The first-order chi connectivity index (χ1) is 20.5. The van der Waals surface area contributed by atoms with Crippen molar-refractivity contribution in [3.8, 4) is 0 Å². The third-order valence-corrected chi connectivity index (χ3v) is 8.53. The molecule has 4 rings (SSSR count). The number of nitrogens with zero attached hydrogens (tertiary/aromatic N) is 2. The smallest absolute Gasteiger partial charge is 0.359 e. The molecule has 13 heteroatoms. The van der Waals surface area contributed by atoms with Crippen LogP contribution in [0.15, 0.2) is 89.8 Å². The van der Waals surface area contributed by atoms with Crippen molar-refractivity contribution in [2.24, 2.45) is 0 Å². The lowest BCUT2D eigenvalue weighted by Crippen LogP contribution is -2.36. The number of carbonyl (C=O) groups is 2. The Hall–Kier alpha value is -4.39.